The Morgan fingerprint density at radius 2 is 2.35 bits per heavy atom. The van der Waals surface area contributed by atoms with Gasteiger partial charge in [-0.2, -0.15) is 5.26 Å². The van der Waals surface area contributed by atoms with Gasteiger partial charge >= 0.3 is 6.03 Å². The van der Waals surface area contributed by atoms with Crippen molar-refractivity contribution in [2.24, 2.45) is 0 Å². The van der Waals surface area contributed by atoms with E-state index in [0.29, 0.717) is 0 Å². The van der Waals surface area contributed by atoms with Crippen LogP contribution in [0.1, 0.15) is 4.88 Å². The summed E-state index contributed by atoms with van der Waals surface area (Å²) in [5.74, 6) is 0. The van der Waals surface area contributed by atoms with Crippen LogP contribution in [0.2, 0.25) is 0 Å². The van der Waals surface area contributed by atoms with Crippen molar-refractivity contribution >= 4 is 27.4 Å². The maximum absolute atomic E-state index is 11.8. The zero-order valence-corrected chi connectivity index (χ0v) is 10.5. The van der Waals surface area contributed by atoms with Crippen LogP contribution >= 0.6 is 11.3 Å². The van der Waals surface area contributed by atoms with Crippen molar-refractivity contribution in [2.75, 3.05) is 6.54 Å². The van der Waals surface area contributed by atoms with Crippen LogP contribution in [-0.4, -0.2) is 31.9 Å². The monoisotopic (exact) mass is 271 g/mol. The summed E-state index contributed by atoms with van der Waals surface area (Å²) in [4.78, 5) is 13.5. The van der Waals surface area contributed by atoms with Crippen LogP contribution in [-0.2, 0) is 10.0 Å². The summed E-state index contributed by atoms with van der Waals surface area (Å²) in [6, 6.07) is 3.73. The first-order valence-electron chi connectivity index (χ1n) is 4.73. The van der Waals surface area contributed by atoms with E-state index in [4.69, 9.17) is 5.26 Å². The second kappa shape index (κ2) is 4.01. The number of rotatable bonds is 2. The van der Waals surface area contributed by atoms with Gasteiger partial charge in [0.1, 0.15) is 10.3 Å². The number of nitrogens with zero attached hydrogens (tertiary/aromatic N) is 2. The number of aryl methyl sites for hydroxylation is 1. The lowest BCUT2D eigenvalue weighted by Crippen LogP contribution is -2.34. The van der Waals surface area contributed by atoms with Crippen LogP contribution in [0.25, 0.3) is 0 Å². The molecule has 1 N–H and O–H groups in total. The molecule has 0 bridgehead atoms. The van der Waals surface area contributed by atoms with E-state index in [-0.39, 0.29) is 10.8 Å². The van der Waals surface area contributed by atoms with Gasteiger partial charge < -0.3 is 4.90 Å². The van der Waals surface area contributed by atoms with Gasteiger partial charge in [0, 0.05) is 4.88 Å². The second-order valence-corrected chi connectivity index (χ2v) is 6.77. The number of urea groups is 1. The van der Waals surface area contributed by atoms with E-state index in [1.807, 2.05) is 10.8 Å². The molecule has 0 aliphatic carbocycles. The Hall–Kier alpha value is -1.59. The van der Waals surface area contributed by atoms with Gasteiger partial charge in [-0.1, -0.05) is 0 Å². The Balaban J connectivity index is 2.09. The maximum Gasteiger partial charge on any atom is 0.332 e. The molecule has 6 nitrogen and oxygen atoms in total. The third kappa shape index (κ3) is 2.40. The minimum atomic E-state index is -3.81. The Morgan fingerprint density at radius 1 is 1.65 bits per heavy atom. The fourth-order valence-electron chi connectivity index (χ4n) is 1.25. The van der Waals surface area contributed by atoms with Gasteiger partial charge in [-0.15, -0.1) is 11.3 Å². The molecule has 0 spiro atoms. The highest BCUT2D eigenvalue weighted by Gasteiger charge is 2.40. The zero-order chi connectivity index (χ0) is 12.6. The number of carbonyl (C=O) groups excluding carboxylic acids is 1. The first kappa shape index (κ1) is 11.9. The summed E-state index contributed by atoms with van der Waals surface area (Å²) >= 11 is 1.09. The van der Waals surface area contributed by atoms with Crippen molar-refractivity contribution in [1.29, 1.82) is 5.26 Å². The average Bonchev–Trinajstić information content (AvgIpc) is 2.92. The highest BCUT2D eigenvalue weighted by molar-refractivity contribution is 7.92. The largest absolute Gasteiger partial charge is 0.332 e. The third-order valence-electron chi connectivity index (χ3n) is 2.22. The lowest BCUT2D eigenvalue weighted by atomic mass is 10.5. The highest BCUT2D eigenvalue weighted by atomic mass is 32.2. The fraction of sp³-hybridized carbons (Fsp3) is 0.333. The second-order valence-electron chi connectivity index (χ2n) is 3.57. The quantitative estimate of drug-likeness (QED) is 0.800. The van der Waals surface area contributed by atoms with Crippen molar-refractivity contribution in [3.05, 3.63) is 17.0 Å². The maximum atomic E-state index is 11.8. The molecule has 2 rings (SSSR count). The van der Waals surface area contributed by atoms with Crippen LogP contribution in [0, 0.1) is 18.3 Å². The molecular weight excluding hydrogens is 262 g/mol. The van der Waals surface area contributed by atoms with Crippen LogP contribution in [0.15, 0.2) is 16.3 Å². The summed E-state index contributed by atoms with van der Waals surface area (Å²) in [7, 11) is -3.81. The molecule has 1 aromatic rings. The van der Waals surface area contributed by atoms with E-state index in [0.717, 1.165) is 21.1 Å². The number of sulfonamides is 1. The Bertz CT molecular complexity index is 599. The van der Waals surface area contributed by atoms with E-state index in [9.17, 15) is 13.2 Å². The van der Waals surface area contributed by atoms with Crippen LogP contribution in [0.3, 0.4) is 0 Å². The molecule has 0 aromatic carbocycles. The molecular formula is C9H9N3O3S2. The predicted molar refractivity (Wildman–Crippen MR) is 60.9 cm³/mol. The molecule has 1 atom stereocenters. The summed E-state index contributed by atoms with van der Waals surface area (Å²) in [6.45, 7) is 2.06. The van der Waals surface area contributed by atoms with Gasteiger partial charge in [0.25, 0.3) is 10.0 Å². The number of amides is 2. The number of nitriles is 1. The Labute approximate surface area is 103 Å². The lowest BCUT2D eigenvalue weighted by molar-refractivity contribution is 0.234. The van der Waals surface area contributed by atoms with Gasteiger partial charge in [0.05, 0.1) is 12.6 Å². The fourth-order valence-corrected chi connectivity index (χ4v) is 3.50. The third-order valence-corrected chi connectivity index (χ3v) is 5.04. The summed E-state index contributed by atoms with van der Waals surface area (Å²) in [6.07, 6.45) is 0. The van der Waals surface area contributed by atoms with Crippen molar-refractivity contribution in [2.45, 2.75) is 17.2 Å². The van der Waals surface area contributed by atoms with Crippen LogP contribution in [0.5, 0.6) is 0 Å². The van der Waals surface area contributed by atoms with Crippen molar-refractivity contribution in [1.82, 2.24) is 9.62 Å². The first-order chi connectivity index (χ1) is 7.94. The minimum Gasteiger partial charge on any atom is -0.303 e. The number of hydrogen-bond donors (Lipinski definition) is 1. The van der Waals surface area contributed by atoms with Gasteiger partial charge in [-0.05, 0) is 19.1 Å². The molecule has 90 valence electrons. The molecule has 2 heterocycles. The summed E-state index contributed by atoms with van der Waals surface area (Å²) < 4.78 is 25.5. The number of nitrogens with one attached hydrogen (secondary N) is 1. The molecule has 1 unspecified atom stereocenters. The van der Waals surface area contributed by atoms with E-state index in [1.165, 1.54) is 6.07 Å². The molecule has 0 saturated carbocycles. The van der Waals surface area contributed by atoms with Crippen LogP contribution < -0.4 is 4.72 Å². The summed E-state index contributed by atoms with van der Waals surface area (Å²) in [5, 5.41) is 8.52. The molecule has 8 heteroatoms. The van der Waals surface area contributed by atoms with E-state index < -0.39 is 22.1 Å². The van der Waals surface area contributed by atoms with E-state index in [2.05, 4.69) is 0 Å². The van der Waals surface area contributed by atoms with Crippen molar-refractivity contribution in [3.8, 4) is 6.07 Å². The SMILES string of the molecule is Cc1ccc(S(=O)(=O)NC(=O)N2CC2C#N)s1. The van der Waals surface area contributed by atoms with Gasteiger partial charge in [-0.25, -0.2) is 17.9 Å². The van der Waals surface area contributed by atoms with E-state index >= 15 is 0 Å². The van der Waals surface area contributed by atoms with Gasteiger partial charge in [0.15, 0.2) is 0 Å². The standard InChI is InChI=1S/C9H9N3O3S2/c1-6-2-3-8(16-6)17(14,15)11-9(13)12-5-7(12)4-10/h2-3,7H,5H2,1H3,(H,11,13). The molecule has 1 saturated heterocycles. The molecule has 1 fully saturated rings. The Morgan fingerprint density at radius 3 is 2.82 bits per heavy atom. The molecule has 1 aromatic heterocycles. The Kier molecular flexibility index (Phi) is 2.81. The molecule has 2 amide bonds. The smallest absolute Gasteiger partial charge is 0.303 e. The normalized spacial score (nSPS) is 18.6. The molecule has 17 heavy (non-hydrogen) atoms. The van der Waals surface area contributed by atoms with Crippen molar-refractivity contribution < 1.29 is 13.2 Å². The van der Waals surface area contributed by atoms with E-state index in [1.54, 1.807) is 13.0 Å². The molecule has 1 aliphatic heterocycles. The average molecular weight is 271 g/mol. The van der Waals surface area contributed by atoms with Crippen LogP contribution in [0.4, 0.5) is 4.79 Å². The topological polar surface area (TPSA) is 90.0 Å². The van der Waals surface area contributed by atoms with Crippen molar-refractivity contribution in [3.63, 3.8) is 0 Å². The lowest BCUT2D eigenvalue weighted by Gasteiger charge is -2.05. The zero-order valence-electron chi connectivity index (χ0n) is 8.87. The first-order valence-corrected chi connectivity index (χ1v) is 7.03. The van der Waals surface area contributed by atoms with Gasteiger partial charge in [0.2, 0.25) is 0 Å². The minimum absolute atomic E-state index is 0.0960. The predicted octanol–water partition coefficient (Wildman–Crippen LogP) is 0.663. The molecule has 0 radical (unpaired) electrons. The number of carbonyl (C=O) groups is 1. The number of hydrogen-bond acceptors (Lipinski definition) is 5. The highest BCUT2D eigenvalue weighted by Crippen LogP contribution is 2.22. The number of thiophene rings is 1. The van der Waals surface area contributed by atoms with Gasteiger partial charge in [-0.3, -0.25) is 0 Å². The molecule has 1 aliphatic rings. The summed E-state index contributed by atoms with van der Waals surface area (Å²) in [5.41, 5.74) is 0.